The van der Waals surface area contributed by atoms with E-state index in [9.17, 15) is 9.59 Å². The van der Waals surface area contributed by atoms with E-state index in [1.54, 1.807) is 19.1 Å². The van der Waals surface area contributed by atoms with Crippen LogP contribution in [0.4, 0.5) is 0 Å². The average Bonchev–Trinajstić information content (AvgIpc) is 2.96. The maximum Gasteiger partial charge on any atom is 0.344 e. The van der Waals surface area contributed by atoms with Gasteiger partial charge in [-0.2, -0.15) is 5.10 Å². The number of amides is 1. The number of rotatable bonds is 8. The van der Waals surface area contributed by atoms with Crippen LogP contribution in [0.15, 0.2) is 102 Å². The first-order valence-electron chi connectivity index (χ1n) is 12.2. The smallest absolute Gasteiger partial charge is 0.344 e. The lowest BCUT2D eigenvalue weighted by atomic mass is 10.0. The molecule has 0 aliphatic heterocycles. The van der Waals surface area contributed by atoms with E-state index in [1.807, 2.05) is 84.9 Å². The van der Waals surface area contributed by atoms with Crippen molar-refractivity contribution in [2.24, 2.45) is 5.10 Å². The Morgan fingerprint density at radius 1 is 0.895 bits per heavy atom. The van der Waals surface area contributed by atoms with Gasteiger partial charge in [0.2, 0.25) is 0 Å². The van der Waals surface area contributed by atoms with Gasteiger partial charge in [-0.3, -0.25) is 4.79 Å². The van der Waals surface area contributed by atoms with Crippen LogP contribution in [0.5, 0.6) is 5.75 Å². The summed E-state index contributed by atoms with van der Waals surface area (Å²) < 4.78 is 10.7. The SMILES string of the molecule is CCOC(=O)COc1ccc2ccccc2c1C=NNC(=O)c1cc(-c2ccccc2)nc2ccccc12. The maximum absolute atomic E-state index is 13.3. The fourth-order valence-electron chi connectivity index (χ4n) is 4.21. The summed E-state index contributed by atoms with van der Waals surface area (Å²) >= 11 is 0. The number of fused-ring (bicyclic) bond motifs is 2. The molecule has 1 heterocycles. The van der Waals surface area contributed by atoms with Gasteiger partial charge in [0.25, 0.3) is 5.91 Å². The van der Waals surface area contributed by atoms with Crippen LogP contribution in [0, 0.1) is 0 Å². The predicted molar refractivity (Wildman–Crippen MR) is 148 cm³/mol. The summed E-state index contributed by atoms with van der Waals surface area (Å²) in [7, 11) is 0. The Hall–Kier alpha value is -5.04. The van der Waals surface area contributed by atoms with E-state index < -0.39 is 5.97 Å². The average molecular weight is 504 g/mol. The number of hydrogen-bond donors (Lipinski definition) is 1. The van der Waals surface area contributed by atoms with Crippen molar-refractivity contribution >= 4 is 39.8 Å². The number of hydrazone groups is 1. The molecule has 0 spiro atoms. The molecule has 0 aliphatic rings. The molecular formula is C31H25N3O4. The van der Waals surface area contributed by atoms with Crippen molar-refractivity contribution in [2.45, 2.75) is 6.92 Å². The third-order valence-electron chi connectivity index (χ3n) is 5.97. The standard InChI is InChI=1S/C31H25N3O4/c1-2-37-30(35)20-38-29-17-16-21-10-6-7-13-23(21)26(29)19-32-34-31(36)25-18-28(22-11-4-3-5-12-22)33-27-15-9-8-14-24(25)27/h3-19H,2,20H2,1H3,(H,34,36). The summed E-state index contributed by atoms with van der Waals surface area (Å²) in [5.41, 5.74) is 6.07. The van der Waals surface area contributed by atoms with Gasteiger partial charge in [0.1, 0.15) is 5.75 Å². The van der Waals surface area contributed by atoms with Crippen molar-refractivity contribution in [3.05, 3.63) is 108 Å². The minimum absolute atomic E-state index is 0.232. The van der Waals surface area contributed by atoms with Gasteiger partial charge in [0.15, 0.2) is 6.61 Å². The topological polar surface area (TPSA) is 89.9 Å². The minimum atomic E-state index is -0.462. The molecule has 0 saturated heterocycles. The number of para-hydroxylation sites is 1. The zero-order valence-corrected chi connectivity index (χ0v) is 20.8. The van der Waals surface area contributed by atoms with Gasteiger partial charge >= 0.3 is 5.97 Å². The number of esters is 1. The number of nitrogens with one attached hydrogen (secondary N) is 1. The van der Waals surface area contributed by atoms with Gasteiger partial charge in [-0.25, -0.2) is 15.2 Å². The molecule has 1 aromatic heterocycles. The first-order valence-corrected chi connectivity index (χ1v) is 12.2. The molecule has 0 fully saturated rings. The Morgan fingerprint density at radius 2 is 1.63 bits per heavy atom. The lowest BCUT2D eigenvalue weighted by Gasteiger charge is -2.11. The number of ether oxygens (including phenoxy) is 2. The molecule has 7 heteroatoms. The normalized spacial score (nSPS) is 11.1. The van der Waals surface area contributed by atoms with Crippen LogP contribution < -0.4 is 10.2 Å². The van der Waals surface area contributed by atoms with E-state index in [2.05, 4.69) is 10.5 Å². The van der Waals surface area contributed by atoms with Crippen LogP contribution in [0.2, 0.25) is 0 Å². The molecule has 188 valence electrons. The van der Waals surface area contributed by atoms with Gasteiger partial charge in [0.05, 0.1) is 29.6 Å². The summed E-state index contributed by atoms with van der Waals surface area (Å²) in [6.45, 7) is 1.78. The number of pyridine rings is 1. The Bertz CT molecular complexity index is 1650. The van der Waals surface area contributed by atoms with Crippen LogP contribution in [-0.4, -0.2) is 36.3 Å². The second kappa shape index (κ2) is 11.3. The lowest BCUT2D eigenvalue weighted by Crippen LogP contribution is -2.19. The molecule has 0 atom stereocenters. The van der Waals surface area contributed by atoms with Crippen LogP contribution in [0.25, 0.3) is 32.9 Å². The molecule has 0 bridgehead atoms. The van der Waals surface area contributed by atoms with Crippen LogP contribution >= 0.6 is 0 Å². The van der Waals surface area contributed by atoms with E-state index in [4.69, 9.17) is 14.5 Å². The number of carbonyl (C=O) groups is 2. The molecule has 1 N–H and O–H groups in total. The Labute approximate surface area is 219 Å². The largest absolute Gasteiger partial charge is 0.481 e. The fourth-order valence-corrected chi connectivity index (χ4v) is 4.21. The van der Waals surface area contributed by atoms with E-state index in [-0.39, 0.29) is 19.1 Å². The van der Waals surface area contributed by atoms with Gasteiger partial charge in [-0.1, -0.05) is 78.9 Å². The molecule has 5 aromatic rings. The second-order valence-electron chi connectivity index (χ2n) is 8.43. The highest BCUT2D eigenvalue weighted by atomic mass is 16.6. The minimum Gasteiger partial charge on any atom is -0.481 e. The van der Waals surface area contributed by atoms with Gasteiger partial charge in [0, 0.05) is 16.5 Å². The van der Waals surface area contributed by atoms with Crippen molar-refractivity contribution in [3.8, 4) is 17.0 Å². The van der Waals surface area contributed by atoms with Crippen LogP contribution in [0.1, 0.15) is 22.8 Å². The van der Waals surface area contributed by atoms with Crippen molar-refractivity contribution < 1.29 is 19.1 Å². The molecule has 4 aromatic carbocycles. The quantitative estimate of drug-likeness (QED) is 0.165. The first-order chi connectivity index (χ1) is 18.6. The molecule has 7 nitrogen and oxygen atoms in total. The Kier molecular flexibility index (Phi) is 7.36. The highest BCUT2D eigenvalue weighted by molar-refractivity contribution is 6.08. The molecule has 5 rings (SSSR count). The zero-order chi connectivity index (χ0) is 26.3. The highest BCUT2D eigenvalue weighted by Gasteiger charge is 2.14. The van der Waals surface area contributed by atoms with E-state index in [0.717, 1.165) is 21.7 Å². The van der Waals surface area contributed by atoms with Gasteiger partial charge in [-0.05, 0) is 35.9 Å². The summed E-state index contributed by atoms with van der Waals surface area (Å²) in [5.74, 6) is -0.377. The molecular weight excluding hydrogens is 478 g/mol. The monoisotopic (exact) mass is 503 g/mol. The van der Waals surface area contributed by atoms with Gasteiger partial charge in [-0.15, -0.1) is 0 Å². The predicted octanol–water partition coefficient (Wildman–Crippen LogP) is 5.76. The maximum atomic E-state index is 13.3. The second-order valence-corrected chi connectivity index (χ2v) is 8.43. The van der Waals surface area contributed by atoms with E-state index in [0.29, 0.717) is 28.1 Å². The van der Waals surface area contributed by atoms with E-state index >= 15 is 0 Å². The highest BCUT2D eigenvalue weighted by Crippen LogP contribution is 2.27. The molecule has 38 heavy (non-hydrogen) atoms. The van der Waals surface area contributed by atoms with Crippen LogP contribution in [0.3, 0.4) is 0 Å². The number of hydrogen-bond acceptors (Lipinski definition) is 6. The summed E-state index contributed by atoms with van der Waals surface area (Å²) in [5, 5.41) is 6.82. The lowest BCUT2D eigenvalue weighted by molar-refractivity contribution is -0.145. The number of benzene rings is 4. The Balaban J connectivity index is 1.46. The molecule has 0 radical (unpaired) electrons. The summed E-state index contributed by atoms with van der Waals surface area (Å²) in [6.07, 6.45) is 1.53. The summed E-state index contributed by atoms with van der Waals surface area (Å²) in [4.78, 5) is 29.9. The van der Waals surface area contributed by atoms with E-state index in [1.165, 1.54) is 6.21 Å². The fraction of sp³-hybridized carbons (Fsp3) is 0.0968. The van der Waals surface area contributed by atoms with Crippen molar-refractivity contribution in [1.29, 1.82) is 0 Å². The number of aromatic nitrogens is 1. The van der Waals surface area contributed by atoms with Crippen molar-refractivity contribution in [1.82, 2.24) is 10.4 Å². The first kappa shape index (κ1) is 24.6. The molecule has 0 aliphatic carbocycles. The number of carbonyl (C=O) groups excluding carboxylic acids is 2. The molecule has 0 unspecified atom stereocenters. The molecule has 1 amide bonds. The van der Waals surface area contributed by atoms with Crippen LogP contribution in [-0.2, 0) is 9.53 Å². The van der Waals surface area contributed by atoms with Crippen molar-refractivity contribution in [2.75, 3.05) is 13.2 Å². The number of nitrogens with zero attached hydrogens (tertiary/aromatic N) is 2. The third kappa shape index (κ3) is 5.37. The van der Waals surface area contributed by atoms with Crippen molar-refractivity contribution in [3.63, 3.8) is 0 Å². The zero-order valence-electron chi connectivity index (χ0n) is 20.8. The Morgan fingerprint density at radius 3 is 2.45 bits per heavy atom. The summed E-state index contributed by atoms with van der Waals surface area (Å²) in [6, 6.07) is 30.4. The van der Waals surface area contributed by atoms with Gasteiger partial charge < -0.3 is 9.47 Å². The third-order valence-corrected chi connectivity index (χ3v) is 5.97. The molecule has 0 saturated carbocycles.